The number of H-pyrrole nitrogens is 1. The molecule has 2 N–H and O–H groups in total. The zero-order valence-electron chi connectivity index (χ0n) is 17.3. The molecular weight excluding hydrogens is 324 g/mol. The normalized spacial score (nSPS) is 19.7. The molecule has 0 saturated carbocycles. The van der Waals surface area contributed by atoms with Gasteiger partial charge in [0.05, 0.1) is 5.54 Å². The standard InChI is InChI=1S/C21H34N2OSi/c1-19(2,3)25(8,9)24-14-10-11-16-15(12-14)17-18(23-16)21(6,7)22-13-20(17,4)5/h10-12,22-23H,13H2,1-9H3. The molecule has 0 unspecified atom stereocenters. The van der Waals surface area contributed by atoms with Crippen LogP contribution in [-0.2, 0) is 11.0 Å². The van der Waals surface area contributed by atoms with E-state index in [4.69, 9.17) is 4.43 Å². The second-order valence-corrected chi connectivity index (χ2v) is 15.0. The van der Waals surface area contributed by atoms with E-state index in [2.05, 4.69) is 90.1 Å². The fourth-order valence-corrected chi connectivity index (χ4v) is 4.50. The Kier molecular flexibility index (Phi) is 3.98. The fraction of sp³-hybridized carbons (Fsp3) is 0.619. The Balaban J connectivity index is 2.13. The lowest BCUT2D eigenvalue weighted by Crippen LogP contribution is -2.50. The van der Waals surface area contributed by atoms with Crippen molar-refractivity contribution in [3.8, 4) is 5.75 Å². The number of benzene rings is 1. The van der Waals surface area contributed by atoms with E-state index in [0.717, 1.165) is 12.3 Å². The third-order valence-corrected chi connectivity index (χ3v) is 10.6. The first kappa shape index (κ1) is 18.5. The van der Waals surface area contributed by atoms with Gasteiger partial charge in [-0.15, -0.1) is 0 Å². The van der Waals surface area contributed by atoms with E-state index < -0.39 is 8.32 Å². The fourth-order valence-electron chi connectivity index (χ4n) is 3.47. The van der Waals surface area contributed by atoms with Gasteiger partial charge in [0.15, 0.2) is 0 Å². The van der Waals surface area contributed by atoms with Gasteiger partial charge in [-0.05, 0) is 55.7 Å². The first-order valence-corrected chi connectivity index (χ1v) is 12.3. The van der Waals surface area contributed by atoms with Gasteiger partial charge in [-0.3, -0.25) is 0 Å². The molecule has 4 heteroatoms. The third kappa shape index (κ3) is 3.04. The lowest BCUT2D eigenvalue weighted by molar-refractivity contribution is 0.304. The number of rotatable bonds is 2. The summed E-state index contributed by atoms with van der Waals surface area (Å²) in [5.41, 5.74) is 4.01. The van der Waals surface area contributed by atoms with Crippen LogP contribution in [0.2, 0.25) is 18.1 Å². The summed E-state index contributed by atoms with van der Waals surface area (Å²) in [5.74, 6) is 1.01. The van der Waals surface area contributed by atoms with Gasteiger partial charge in [0.25, 0.3) is 0 Å². The first-order chi connectivity index (χ1) is 11.2. The molecule has 1 aliphatic rings. The summed E-state index contributed by atoms with van der Waals surface area (Å²) >= 11 is 0. The Hall–Kier alpha value is -1.26. The SMILES string of the molecule is CC1(C)CNC(C)(C)c2[nH]c3ccc(O[Si](C)(C)C(C)(C)C)cc3c21. The maximum absolute atomic E-state index is 6.56. The van der Waals surface area contributed by atoms with Crippen LogP contribution in [0.4, 0.5) is 0 Å². The van der Waals surface area contributed by atoms with E-state index in [9.17, 15) is 0 Å². The van der Waals surface area contributed by atoms with Crippen molar-refractivity contribution in [2.75, 3.05) is 6.54 Å². The van der Waals surface area contributed by atoms with E-state index >= 15 is 0 Å². The van der Waals surface area contributed by atoms with Gasteiger partial charge in [0, 0.05) is 28.6 Å². The molecular formula is C21H34N2OSi. The number of hydrogen-bond donors (Lipinski definition) is 2. The molecule has 0 spiro atoms. The Bertz CT molecular complexity index is 809. The summed E-state index contributed by atoms with van der Waals surface area (Å²) in [6.07, 6.45) is 0. The monoisotopic (exact) mass is 358 g/mol. The Morgan fingerprint density at radius 2 is 1.72 bits per heavy atom. The van der Waals surface area contributed by atoms with Crippen molar-refractivity contribution in [3.05, 3.63) is 29.5 Å². The minimum absolute atomic E-state index is 0.0374. The van der Waals surface area contributed by atoms with Crippen molar-refractivity contribution in [3.63, 3.8) is 0 Å². The predicted octanol–water partition coefficient (Wildman–Crippen LogP) is 5.67. The molecule has 138 valence electrons. The lowest BCUT2D eigenvalue weighted by Gasteiger charge is -2.40. The van der Waals surface area contributed by atoms with Crippen molar-refractivity contribution in [1.29, 1.82) is 0 Å². The number of aromatic amines is 1. The highest BCUT2D eigenvalue weighted by Gasteiger charge is 2.41. The zero-order valence-corrected chi connectivity index (χ0v) is 18.3. The molecule has 1 aromatic heterocycles. The molecule has 0 aliphatic carbocycles. The molecule has 0 amide bonds. The largest absolute Gasteiger partial charge is 0.543 e. The minimum Gasteiger partial charge on any atom is -0.543 e. The summed E-state index contributed by atoms with van der Waals surface area (Å²) in [6, 6.07) is 6.56. The molecule has 1 aliphatic heterocycles. The molecule has 2 heterocycles. The van der Waals surface area contributed by atoms with Crippen LogP contribution in [0, 0.1) is 0 Å². The highest BCUT2D eigenvalue weighted by molar-refractivity contribution is 6.74. The molecule has 0 atom stereocenters. The van der Waals surface area contributed by atoms with Crippen molar-refractivity contribution in [2.24, 2.45) is 0 Å². The summed E-state index contributed by atoms with van der Waals surface area (Å²) in [6.45, 7) is 21.6. The maximum atomic E-state index is 6.56. The molecule has 0 radical (unpaired) electrons. The second kappa shape index (κ2) is 5.37. The molecule has 3 rings (SSSR count). The second-order valence-electron chi connectivity index (χ2n) is 10.3. The Morgan fingerprint density at radius 1 is 1.08 bits per heavy atom. The quantitative estimate of drug-likeness (QED) is 0.679. The van der Waals surface area contributed by atoms with Crippen LogP contribution in [0.1, 0.15) is 59.7 Å². The molecule has 2 aromatic rings. The molecule has 3 nitrogen and oxygen atoms in total. The van der Waals surface area contributed by atoms with Crippen LogP contribution in [0.5, 0.6) is 5.75 Å². The van der Waals surface area contributed by atoms with E-state index in [1.165, 1.54) is 22.2 Å². The number of hydrogen-bond acceptors (Lipinski definition) is 2. The van der Waals surface area contributed by atoms with Crippen LogP contribution in [0.15, 0.2) is 18.2 Å². The molecule has 25 heavy (non-hydrogen) atoms. The van der Waals surface area contributed by atoms with Crippen LogP contribution in [-0.4, -0.2) is 19.8 Å². The van der Waals surface area contributed by atoms with Crippen LogP contribution in [0.25, 0.3) is 10.9 Å². The molecule has 0 bridgehead atoms. The van der Waals surface area contributed by atoms with Gasteiger partial charge in [-0.25, -0.2) is 0 Å². The van der Waals surface area contributed by atoms with Gasteiger partial charge in [-0.1, -0.05) is 34.6 Å². The van der Waals surface area contributed by atoms with E-state index in [0.29, 0.717) is 0 Å². The third-order valence-electron chi connectivity index (χ3n) is 6.22. The van der Waals surface area contributed by atoms with E-state index in [-0.39, 0.29) is 16.0 Å². The maximum Gasteiger partial charge on any atom is 0.250 e. The summed E-state index contributed by atoms with van der Waals surface area (Å²) in [4.78, 5) is 3.68. The molecule has 0 saturated heterocycles. The van der Waals surface area contributed by atoms with Gasteiger partial charge in [0.2, 0.25) is 8.32 Å². The zero-order chi connectivity index (χ0) is 18.8. The van der Waals surface area contributed by atoms with Crippen molar-refractivity contribution < 1.29 is 4.43 Å². The predicted molar refractivity (Wildman–Crippen MR) is 110 cm³/mol. The number of nitrogens with one attached hydrogen (secondary N) is 2. The van der Waals surface area contributed by atoms with Crippen LogP contribution < -0.4 is 9.74 Å². The number of aromatic nitrogens is 1. The lowest BCUT2D eigenvalue weighted by atomic mass is 9.75. The Labute approximate surface area is 153 Å². The van der Waals surface area contributed by atoms with Crippen molar-refractivity contribution >= 4 is 19.2 Å². The van der Waals surface area contributed by atoms with Crippen molar-refractivity contribution in [1.82, 2.24) is 10.3 Å². The topological polar surface area (TPSA) is 37.0 Å². The van der Waals surface area contributed by atoms with Gasteiger partial charge in [-0.2, -0.15) is 0 Å². The van der Waals surface area contributed by atoms with Gasteiger partial charge < -0.3 is 14.7 Å². The summed E-state index contributed by atoms with van der Waals surface area (Å²) in [7, 11) is -1.83. The Morgan fingerprint density at radius 3 is 2.32 bits per heavy atom. The highest BCUT2D eigenvalue weighted by atomic mass is 28.4. The van der Waals surface area contributed by atoms with Crippen LogP contribution >= 0.6 is 0 Å². The molecule has 1 aromatic carbocycles. The van der Waals surface area contributed by atoms with Gasteiger partial charge in [0.1, 0.15) is 5.75 Å². The average molecular weight is 359 g/mol. The highest BCUT2D eigenvalue weighted by Crippen LogP contribution is 2.43. The van der Waals surface area contributed by atoms with Gasteiger partial charge >= 0.3 is 0 Å². The number of fused-ring (bicyclic) bond motifs is 3. The van der Waals surface area contributed by atoms with E-state index in [1.54, 1.807) is 0 Å². The van der Waals surface area contributed by atoms with Crippen LogP contribution in [0.3, 0.4) is 0 Å². The minimum atomic E-state index is -1.83. The first-order valence-electron chi connectivity index (χ1n) is 9.35. The summed E-state index contributed by atoms with van der Waals surface area (Å²) in [5, 5.41) is 5.19. The molecule has 0 fully saturated rings. The summed E-state index contributed by atoms with van der Waals surface area (Å²) < 4.78 is 6.56. The van der Waals surface area contributed by atoms with E-state index in [1.807, 2.05) is 0 Å². The smallest absolute Gasteiger partial charge is 0.250 e. The van der Waals surface area contributed by atoms with Crippen molar-refractivity contribution in [2.45, 2.75) is 77.6 Å². The average Bonchev–Trinajstić information content (AvgIpc) is 2.83.